The molecule has 94 valence electrons. The van der Waals surface area contributed by atoms with E-state index < -0.39 is 10.0 Å². The highest BCUT2D eigenvalue weighted by molar-refractivity contribution is 7.99. The Balaban J connectivity index is 2.04. The fraction of sp³-hybridized carbons (Fsp3) is 1.00. The molecule has 2 atom stereocenters. The van der Waals surface area contributed by atoms with E-state index in [1.54, 1.807) is 11.4 Å². The molecule has 0 saturated carbocycles. The third kappa shape index (κ3) is 2.55. The minimum Gasteiger partial charge on any atom is -0.315 e. The Hall–Kier alpha value is 0.220. The first-order chi connectivity index (χ1) is 7.62. The molecule has 2 unspecified atom stereocenters. The van der Waals surface area contributed by atoms with Gasteiger partial charge in [0.15, 0.2) is 0 Å². The average Bonchev–Trinajstić information content (AvgIpc) is 2.82. The zero-order valence-corrected chi connectivity index (χ0v) is 11.3. The number of hydrogen-bond donors (Lipinski definition) is 1. The molecule has 2 rings (SSSR count). The highest BCUT2D eigenvalue weighted by atomic mass is 32.2. The quantitative estimate of drug-likeness (QED) is 0.807. The molecule has 0 aromatic heterocycles. The van der Waals surface area contributed by atoms with E-state index in [2.05, 4.69) is 5.32 Å². The molecule has 2 saturated heterocycles. The van der Waals surface area contributed by atoms with Crippen LogP contribution in [0.4, 0.5) is 0 Å². The Bertz CT molecular complexity index is 320. The maximum absolute atomic E-state index is 12.3. The van der Waals surface area contributed by atoms with E-state index in [9.17, 15) is 8.42 Å². The summed E-state index contributed by atoms with van der Waals surface area (Å²) in [5.41, 5.74) is 0. The second-order valence-electron chi connectivity index (χ2n) is 4.55. The fourth-order valence-electron chi connectivity index (χ4n) is 2.33. The molecule has 0 aromatic carbocycles. The van der Waals surface area contributed by atoms with E-state index in [4.69, 9.17) is 0 Å². The molecule has 0 amide bonds. The molecule has 0 aromatic rings. The Morgan fingerprint density at radius 1 is 1.38 bits per heavy atom. The van der Waals surface area contributed by atoms with Crippen molar-refractivity contribution < 1.29 is 8.42 Å². The van der Waals surface area contributed by atoms with Crippen LogP contribution in [0.1, 0.15) is 19.3 Å². The van der Waals surface area contributed by atoms with Gasteiger partial charge in [0.25, 0.3) is 0 Å². The molecule has 4 nitrogen and oxygen atoms in total. The van der Waals surface area contributed by atoms with E-state index in [1.165, 1.54) is 0 Å². The standard InChI is InChI=1S/C10H20N2O2S2/c1-12(9-4-6-15-8-9)16(13,14)10-3-2-5-11-7-10/h9-11H,2-8H2,1H3. The van der Waals surface area contributed by atoms with Crippen molar-refractivity contribution in [1.82, 2.24) is 9.62 Å². The predicted octanol–water partition coefficient (Wildman–Crippen LogP) is 0.506. The first kappa shape index (κ1) is 12.7. The van der Waals surface area contributed by atoms with E-state index in [0.29, 0.717) is 6.54 Å². The number of hydrogen-bond acceptors (Lipinski definition) is 4. The summed E-state index contributed by atoms with van der Waals surface area (Å²) < 4.78 is 26.3. The summed E-state index contributed by atoms with van der Waals surface area (Å²) in [6.45, 7) is 1.57. The molecule has 0 radical (unpaired) electrons. The van der Waals surface area contributed by atoms with E-state index >= 15 is 0 Å². The van der Waals surface area contributed by atoms with Crippen LogP contribution in [0.25, 0.3) is 0 Å². The Morgan fingerprint density at radius 3 is 2.75 bits per heavy atom. The maximum Gasteiger partial charge on any atom is 0.218 e. The molecule has 6 heteroatoms. The molecular weight excluding hydrogens is 244 g/mol. The summed E-state index contributed by atoms with van der Waals surface area (Å²) >= 11 is 1.85. The molecule has 0 bridgehead atoms. The molecule has 2 aliphatic rings. The smallest absolute Gasteiger partial charge is 0.218 e. The van der Waals surface area contributed by atoms with Crippen molar-refractivity contribution in [3.63, 3.8) is 0 Å². The van der Waals surface area contributed by atoms with Crippen molar-refractivity contribution in [2.75, 3.05) is 31.6 Å². The van der Waals surface area contributed by atoms with Gasteiger partial charge in [0.1, 0.15) is 0 Å². The number of piperidine rings is 1. The van der Waals surface area contributed by atoms with E-state index in [1.807, 2.05) is 11.8 Å². The third-order valence-electron chi connectivity index (χ3n) is 3.49. The average molecular weight is 264 g/mol. The van der Waals surface area contributed by atoms with Crippen LogP contribution in [0.2, 0.25) is 0 Å². The lowest BCUT2D eigenvalue weighted by atomic mass is 10.2. The molecular formula is C10H20N2O2S2. The van der Waals surface area contributed by atoms with Crippen molar-refractivity contribution in [3.05, 3.63) is 0 Å². The van der Waals surface area contributed by atoms with E-state index in [0.717, 1.165) is 37.3 Å². The van der Waals surface area contributed by atoms with Gasteiger partial charge in [-0.2, -0.15) is 11.8 Å². The van der Waals surface area contributed by atoms with Crippen LogP contribution in [0.5, 0.6) is 0 Å². The SMILES string of the molecule is CN(C1CCSC1)S(=O)(=O)C1CCCNC1. The van der Waals surface area contributed by atoms with Crippen LogP contribution in [0.3, 0.4) is 0 Å². The molecule has 0 aliphatic carbocycles. The lowest BCUT2D eigenvalue weighted by Crippen LogP contribution is -2.48. The number of sulfonamides is 1. The van der Waals surface area contributed by atoms with Gasteiger partial charge in [-0.25, -0.2) is 12.7 Å². The highest BCUT2D eigenvalue weighted by Crippen LogP contribution is 2.26. The molecule has 0 spiro atoms. The minimum absolute atomic E-state index is 0.211. The zero-order chi connectivity index (χ0) is 11.6. The van der Waals surface area contributed by atoms with Crippen molar-refractivity contribution in [1.29, 1.82) is 0 Å². The molecule has 2 heterocycles. The number of rotatable bonds is 3. The van der Waals surface area contributed by atoms with Crippen LogP contribution >= 0.6 is 11.8 Å². The largest absolute Gasteiger partial charge is 0.315 e. The van der Waals surface area contributed by atoms with E-state index in [-0.39, 0.29) is 11.3 Å². The van der Waals surface area contributed by atoms with Crippen LogP contribution in [0, 0.1) is 0 Å². The van der Waals surface area contributed by atoms with Crippen LogP contribution < -0.4 is 5.32 Å². The maximum atomic E-state index is 12.3. The molecule has 2 fully saturated rings. The second-order valence-corrected chi connectivity index (χ2v) is 7.97. The Labute approximate surface area is 102 Å². The van der Waals surface area contributed by atoms with Crippen LogP contribution in [-0.2, 0) is 10.0 Å². The monoisotopic (exact) mass is 264 g/mol. The van der Waals surface area contributed by atoms with Gasteiger partial charge in [0.2, 0.25) is 10.0 Å². The van der Waals surface area contributed by atoms with Gasteiger partial charge in [-0.05, 0) is 31.6 Å². The van der Waals surface area contributed by atoms with Crippen molar-refractivity contribution in [3.8, 4) is 0 Å². The van der Waals surface area contributed by atoms with Crippen molar-refractivity contribution in [2.24, 2.45) is 0 Å². The molecule has 1 N–H and O–H groups in total. The van der Waals surface area contributed by atoms with Gasteiger partial charge in [0.05, 0.1) is 5.25 Å². The highest BCUT2D eigenvalue weighted by Gasteiger charge is 2.35. The molecule has 16 heavy (non-hydrogen) atoms. The summed E-state index contributed by atoms with van der Waals surface area (Å²) in [5.74, 6) is 2.04. The fourth-order valence-corrected chi connectivity index (χ4v) is 5.55. The first-order valence-electron chi connectivity index (χ1n) is 5.87. The summed E-state index contributed by atoms with van der Waals surface area (Å²) in [5, 5.41) is 2.96. The normalized spacial score (nSPS) is 32.1. The van der Waals surface area contributed by atoms with Gasteiger partial charge >= 0.3 is 0 Å². The minimum atomic E-state index is -3.09. The summed E-state index contributed by atoms with van der Waals surface area (Å²) in [7, 11) is -1.34. The van der Waals surface area contributed by atoms with Gasteiger partial charge in [-0.15, -0.1) is 0 Å². The lowest BCUT2D eigenvalue weighted by molar-refractivity contribution is 0.377. The summed E-state index contributed by atoms with van der Waals surface area (Å²) in [6, 6.07) is 0.219. The zero-order valence-electron chi connectivity index (χ0n) is 9.68. The van der Waals surface area contributed by atoms with Gasteiger partial charge < -0.3 is 5.32 Å². The number of thioether (sulfide) groups is 1. The topological polar surface area (TPSA) is 49.4 Å². The van der Waals surface area contributed by atoms with Gasteiger partial charge in [0, 0.05) is 25.4 Å². The Morgan fingerprint density at radius 2 is 2.19 bits per heavy atom. The molecule has 2 aliphatic heterocycles. The van der Waals surface area contributed by atoms with Gasteiger partial charge in [-0.3, -0.25) is 0 Å². The Kier molecular flexibility index (Phi) is 4.15. The summed E-state index contributed by atoms with van der Waals surface area (Å²) in [6.07, 6.45) is 2.78. The van der Waals surface area contributed by atoms with Crippen molar-refractivity contribution in [2.45, 2.75) is 30.6 Å². The van der Waals surface area contributed by atoms with Gasteiger partial charge in [-0.1, -0.05) is 0 Å². The van der Waals surface area contributed by atoms with Crippen LogP contribution in [0.15, 0.2) is 0 Å². The third-order valence-corrected chi connectivity index (χ3v) is 6.98. The number of nitrogens with zero attached hydrogens (tertiary/aromatic N) is 1. The lowest BCUT2D eigenvalue weighted by Gasteiger charge is -2.30. The van der Waals surface area contributed by atoms with Crippen LogP contribution in [-0.4, -0.2) is 55.7 Å². The second kappa shape index (κ2) is 5.25. The van der Waals surface area contributed by atoms with Crippen molar-refractivity contribution >= 4 is 21.8 Å². The summed E-state index contributed by atoms with van der Waals surface area (Å²) in [4.78, 5) is 0. The number of nitrogens with one attached hydrogen (secondary N) is 1. The predicted molar refractivity (Wildman–Crippen MR) is 68.3 cm³/mol. The first-order valence-corrected chi connectivity index (χ1v) is 8.53.